The quantitative estimate of drug-likeness (QED) is 0.698. The first-order valence-electron chi connectivity index (χ1n) is 9.91. The molecule has 1 heterocycles. The summed E-state index contributed by atoms with van der Waals surface area (Å²) in [5.74, 6) is 1.46. The second kappa shape index (κ2) is 8.47. The molecule has 2 atom stereocenters. The Hall–Kier alpha value is -0.170. The van der Waals surface area contributed by atoms with E-state index >= 15 is 0 Å². The van der Waals surface area contributed by atoms with Crippen LogP contribution < -0.4 is 16.0 Å². The summed E-state index contributed by atoms with van der Waals surface area (Å²) in [6, 6.07) is 0.475. The van der Waals surface area contributed by atoms with E-state index < -0.39 is 9.84 Å². The SMILES string of the molecule is CS(=O)(=O)C1CCC(C2CNCC(NCC3CCCCC3)N2)CC1. The summed E-state index contributed by atoms with van der Waals surface area (Å²) in [4.78, 5) is 0. The van der Waals surface area contributed by atoms with Crippen LogP contribution >= 0.6 is 0 Å². The summed E-state index contributed by atoms with van der Waals surface area (Å²) in [5, 5.41) is 11.0. The Bertz CT molecular complexity index is 482. The molecule has 6 heteroatoms. The highest BCUT2D eigenvalue weighted by Crippen LogP contribution is 2.31. The smallest absolute Gasteiger partial charge is 0.150 e. The maximum atomic E-state index is 11.7. The van der Waals surface area contributed by atoms with Gasteiger partial charge >= 0.3 is 0 Å². The molecule has 2 unspecified atom stereocenters. The molecule has 0 radical (unpaired) electrons. The van der Waals surface area contributed by atoms with Gasteiger partial charge in [-0.2, -0.15) is 0 Å². The van der Waals surface area contributed by atoms with Crippen molar-refractivity contribution in [3.05, 3.63) is 0 Å². The van der Waals surface area contributed by atoms with Crippen LogP contribution in [0.3, 0.4) is 0 Å². The third-order valence-corrected chi connectivity index (χ3v) is 8.08. The molecule has 0 amide bonds. The van der Waals surface area contributed by atoms with Gasteiger partial charge in [0.05, 0.1) is 11.4 Å². The first-order chi connectivity index (χ1) is 11.5. The molecule has 0 aromatic rings. The van der Waals surface area contributed by atoms with E-state index in [0.29, 0.717) is 18.1 Å². The van der Waals surface area contributed by atoms with Crippen LogP contribution in [-0.2, 0) is 9.84 Å². The predicted octanol–water partition coefficient (Wildman–Crippen LogP) is 1.65. The monoisotopic (exact) mass is 357 g/mol. The molecule has 2 aliphatic carbocycles. The predicted molar refractivity (Wildman–Crippen MR) is 98.7 cm³/mol. The zero-order valence-corrected chi connectivity index (χ0v) is 15.9. The first kappa shape index (κ1) is 18.6. The maximum absolute atomic E-state index is 11.7. The van der Waals surface area contributed by atoms with Crippen molar-refractivity contribution >= 4 is 9.84 Å². The van der Waals surface area contributed by atoms with E-state index in [-0.39, 0.29) is 5.25 Å². The maximum Gasteiger partial charge on any atom is 0.150 e. The van der Waals surface area contributed by atoms with E-state index in [4.69, 9.17) is 0 Å². The second-order valence-corrected chi connectivity index (χ2v) is 10.6. The van der Waals surface area contributed by atoms with Crippen LogP contribution in [0.25, 0.3) is 0 Å². The highest BCUT2D eigenvalue weighted by atomic mass is 32.2. The number of nitrogens with one attached hydrogen (secondary N) is 3. The molecule has 3 aliphatic rings. The zero-order valence-electron chi connectivity index (χ0n) is 15.1. The molecule has 3 N–H and O–H groups in total. The number of rotatable bonds is 5. The first-order valence-corrected chi connectivity index (χ1v) is 11.9. The summed E-state index contributed by atoms with van der Waals surface area (Å²) in [5.41, 5.74) is 0. The van der Waals surface area contributed by atoms with Crippen molar-refractivity contribution in [2.45, 2.75) is 75.2 Å². The van der Waals surface area contributed by atoms with Gasteiger partial charge < -0.3 is 10.6 Å². The van der Waals surface area contributed by atoms with Crippen LogP contribution in [0.5, 0.6) is 0 Å². The molecule has 1 saturated heterocycles. The molecule has 2 saturated carbocycles. The van der Waals surface area contributed by atoms with Crippen molar-refractivity contribution in [1.82, 2.24) is 16.0 Å². The van der Waals surface area contributed by atoms with Gasteiger partial charge in [0, 0.05) is 25.4 Å². The Kier molecular flexibility index (Phi) is 6.57. The molecule has 140 valence electrons. The molecule has 3 fully saturated rings. The topological polar surface area (TPSA) is 70.2 Å². The summed E-state index contributed by atoms with van der Waals surface area (Å²) in [6.07, 6.45) is 12.5. The van der Waals surface area contributed by atoms with Gasteiger partial charge in [-0.15, -0.1) is 0 Å². The number of hydrogen-bond donors (Lipinski definition) is 3. The average molecular weight is 358 g/mol. The van der Waals surface area contributed by atoms with Gasteiger partial charge in [-0.1, -0.05) is 19.3 Å². The fourth-order valence-corrected chi connectivity index (χ4v) is 5.94. The third-order valence-electron chi connectivity index (χ3n) is 6.40. The lowest BCUT2D eigenvalue weighted by molar-refractivity contribution is 0.195. The zero-order chi connectivity index (χ0) is 17.0. The largest absolute Gasteiger partial charge is 0.312 e. The highest BCUT2D eigenvalue weighted by Gasteiger charge is 2.33. The minimum atomic E-state index is -2.86. The van der Waals surface area contributed by atoms with E-state index in [1.54, 1.807) is 0 Å². The fourth-order valence-electron chi connectivity index (χ4n) is 4.81. The lowest BCUT2D eigenvalue weighted by Gasteiger charge is -2.40. The van der Waals surface area contributed by atoms with Crippen molar-refractivity contribution in [2.24, 2.45) is 11.8 Å². The molecular weight excluding hydrogens is 322 g/mol. The lowest BCUT2D eigenvalue weighted by Crippen LogP contribution is -2.63. The lowest BCUT2D eigenvalue weighted by atomic mass is 9.83. The Morgan fingerprint density at radius 1 is 0.958 bits per heavy atom. The van der Waals surface area contributed by atoms with E-state index in [2.05, 4.69) is 16.0 Å². The van der Waals surface area contributed by atoms with Gasteiger partial charge in [0.15, 0.2) is 0 Å². The van der Waals surface area contributed by atoms with E-state index in [1.165, 1.54) is 38.4 Å². The van der Waals surface area contributed by atoms with Crippen molar-refractivity contribution < 1.29 is 8.42 Å². The third kappa shape index (κ3) is 5.16. The number of piperazine rings is 1. The fraction of sp³-hybridized carbons (Fsp3) is 1.00. The Balaban J connectivity index is 1.42. The van der Waals surface area contributed by atoms with Crippen LogP contribution in [0.4, 0.5) is 0 Å². The molecule has 0 spiro atoms. The standard InChI is InChI=1S/C18H35N3O2S/c1-24(22,23)16-9-7-15(8-10-16)17-12-19-13-18(21-17)20-11-14-5-3-2-4-6-14/h14-21H,2-13H2,1H3. The van der Waals surface area contributed by atoms with Crippen LogP contribution in [-0.4, -0.2) is 51.8 Å². The van der Waals surface area contributed by atoms with E-state index in [1.807, 2.05) is 0 Å². The minimum absolute atomic E-state index is 0.106. The highest BCUT2D eigenvalue weighted by molar-refractivity contribution is 7.91. The van der Waals surface area contributed by atoms with E-state index in [0.717, 1.165) is 51.2 Å². The van der Waals surface area contributed by atoms with Gasteiger partial charge in [0.2, 0.25) is 0 Å². The molecule has 24 heavy (non-hydrogen) atoms. The molecule has 3 rings (SSSR count). The summed E-state index contributed by atoms with van der Waals surface area (Å²) >= 11 is 0. The van der Waals surface area contributed by atoms with Crippen LogP contribution in [0.1, 0.15) is 57.8 Å². The van der Waals surface area contributed by atoms with Crippen LogP contribution in [0, 0.1) is 11.8 Å². The molecule has 1 aliphatic heterocycles. The van der Waals surface area contributed by atoms with Gasteiger partial charge in [-0.05, 0) is 56.9 Å². The van der Waals surface area contributed by atoms with Crippen molar-refractivity contribution in [3.8, 4) is 0 Å². The Morgan fingerprint density at radius 3 is 2.33 bits per heavy atom. The Labute approximate surface area is 147 Å². The molecule has 0 aromatic carbocycles. The minimum Gasteiger partial charge on any atom is -0.312 e. The summed E-state index contributed by atoms with van der Waals surface area (Å²) in [7, 11) is -2.86. The summed E-state index contributed by atoms with van der Waals surface area (Å²) < 4.78 is 23.4. The van der Waals surface area contributed by atoms with Gasteiger partial charge in [0.1, 0.15) is 9.84 Å². The summed E-state index contributed by atoms with van der Waals surface area (Å²) in [6.45, 7) is 3.13. The van der Waals surface area contributed by atoms with Gasteiger partial charge in [-0.3, -0.25) is 5.32 Å². The Morgan fingerprint density at radius 2 is 1.67 bits per heavy atom. The molecular formula is C18H35N3O2S. The molecule has 0 bridgehead atoms. The van der Waals surface area contributed by atoms with Crippen LogP contribution in [0.15, 0.2) is 0 Å². The van der Waals surface area contributed by atoms with Crippen molar-refractivity contribution in [2.75, 3.05) is 25.9 Å². The normalized spacial score (nSPS) is 36.5. The molecule has 0 aromatic heterocycles. The van der Waals surface area contributed by atoms with Crippen molar-refractivity contribution in [3.63, 3.8) is 0 Å². The second-order valence-electron chi connectivity index (χ2n) is 8.26. The van der Waals surface area contributed by atoms with E-state index in [9.17, 15) is 8.42 Å². The molecule has 5 nitrogen and oxygen atoms in total. The number of sulfone groups is 1. The average Bonchev–Trinajstić information content (AvgIpc) is 2.60. The number of hydrogen-bond acceptors (Lipinski definition) is 5. The van der Waals surface area contributed by atoms with Crippen molar-refractivity contribution in [1.29, 1.82) is 0 Å². The van der Waals surface area contributed by atoms with Gasteiger partial charge in [-0.25, -0.2) is 8.42 Å². The van der Waals surface area contributed by atoms with Gasteiger partial charge in [0.25, 0.3) is 0 Å². The van der Waals surface area contributed by atoms with Crippen LogP contribution in [0.2, 0.25) is 0 Å².